The second kappa shape index (κ2) is 11.9. The number of ketones is 1. The van der Waals surface area contributed by atoms with Gasteiger partial charge in [0, 0.05) is 18.1 Å². The first-order chi connectivity index (χ1) is 17.1. The van der Waals surface area contributed by atoms with Crippen LogP contribution < -0.4 is 9.47 Å². The van der Waals surface area contributed by atoms with Gasteiger partial charge in [0.1, 0.15) is 23.9 Å². The molecule has 0 heterocycles. The molecule has 0 aliphatic heterocycles. The van der Waals surface area contributed by atoms with Crippen LogP contribution in [0.25, 0.3) is 0 Å². The SMILES string of the molecule is CC(C)COc1ccc(C(=O)c2ccc(OCc3ccc(C(=O)O)cc3)c(CCC(=O)O)c2)c(O)c1. The molecule has 0 atom stereocenters. The molecule has 0 saturated carbocycles. The lowest BCUT2D eigenvalue weighted by Gasteiger charge is -2.14. The summed E-state index contributed by atoms with van der Waals surface area (Å²) in [6.07, 6.45) is -0.0217. The van der Waals surface area contributed by atoms with E-state index in [2.05, 4.69) is 0 Å². The first-order valence-electron chi connectivity index (χ1n) is 11.4. The number of rotatable bonds is 12. The zero-order valence-corrected chi connectivity index (χ0v) is 20.1. The number of carbonyl (C=O) groups excluding carboxylic acids is 1. The average Bonchev–Trinajstić information content (AvgIpc) is 2.85. The van der Waals surface area contributed by atoms with Crippen LogP contribution in [0.15, 0.2) is 60.7 Å². The summed E-state index contributed by atoms with van der Waals surface area (Å²) in [7, 11) is 0. The van der Waals surface area contributed by atoms with Crippen molar-refractivity contribution in [3.05, 3.63) is 88.5 Å². The number of aromatic carboxylic acids is 1. The summed E-state index contributed by atoms with van der Waals surface area (Å²) in [5.41, 5.74) is 1.80. The van der Waals surface area contributed by atoms with E-state index < -0.39 is 17.7 Å². The number of carbonyl (C=O) groups is 3. The molecular formula is C28H28O8. The molecule has 0 amide bonds. The zero-order valence-electron chi connectivity index (χ0n) is 20.1. The van der Waals surface area contributed by atoms with Crippen molar-refractivity contribution in [2.75, 3.05) is 6.61 Å². The van der Waals surface area contributed by atoms with E-state index in [0.717, 1.165) is 5.56 Å². The Morgan fingerprint density at radius 2 is 1.56 bits per heavy atom. The van der Waals surface area contributed by atoms with Gasteiger partial charge in [-0.2, -0.15) is 0 Å². The molecule has 0 aliphatic carbocycles. The number of hydrogen-bond donors (Lipinski definition) is 3. The van der Waals surface area contributed by atoms with E-state index in [-0.39, 0.29) is 41.9 Å². The van der Waals surface area contributed by atoms with E-state index in [9.17, 15) is 19.5 Å². The molecule has 8 nitrogen and oxygen atoms in total. The molecule has 3 aromatic rings. The van der Waals surface area contributed by atoms with Crippen LogP contribution in [0.2, 0.25) is 0 Å². The van der Waals surface area contributed by atoms with Crippen molar-refractivity contribution in [3.8, 4) is 17.2 Å². The molecule has 0 radical (unpaired) electrons. The third-order valence-corrected chi connectivity index (χ3v) is 5.32. The second-order valence-electron chi connectivity index (χ2n) is 8.72. The predicted molar refractivity (Wildman–Crippen MR) is 132 cm³/mol. The standard InChI is InChI=1S/C28H28O8/c1-17(2)15-35-22-9-10-23(24(29)14-22)27(32)21-7-11-25(20(13-21)8-12-26(30)31)36-16-18-3-5-19(6-4-18)28(33)34/h3-7,9-11,13-14,17,29H,8,12,15-16H2,1-2H3,(H,30,31)(H,33,34). The monoisotopic (exact) mass is 492 g/mol. The number of ether oxygens (including phenoxy) is 2. The summed E-state index contributed by atoms with van der Waals surface area (Å²) in [6, 6.07) is 15.4. The van der Waals surface area contributed by atoms with E-state index in [1.807, 2.05) is 13.8 Å². The number of aromatic hydroxyl groups is 1. The fourth-order valence-electron chi connectivity index (χ4n) is 3.41. The van der Waals surface area contributed by atoms with Crippen LogP contribution in [0.4, 0.5) is 0 Å². The van der Waals surface area contributed by atoms with Crippen LogP contribution in [-0.4, -0.2) is 39.6 Å². The van der Waals surface area contributed by atoms with Gasteiger partial charge in [-0.25, -0.2) is 4.79 Å². The number of aryl methyl sites for hydroxylation is 1. The van der Waals surface area contributed by atoms with Gasteiger partial charge in [0.2, 0.25) is 0 Å². The fraction of sp³-hybridized carbons (Fsp3) is 0.250. The van der Waals surface area contributed by atoms with Crippen molar-refractivity contribution in [3.63, 3.8) is 0 Å². The van der Waals surface area contributed by atoms with Gasteiger partial charge in [0.05, 0.1) is 17.7 Å². The summed E-state index contributed by atoms with van der Waals surface area (Å²) in [4.78, 5) is 35.3. The summed E-state index contributed by atoms with van der Waals surface area (Å²) in [5, 5.41) is 28.6. The van der Waals surface area contributed by atoms with Gasteiger partial charge in [0.15, 0.2) is 5.78 Å². The topological polar surface area (TPSA) is 130 Å². The molecule has 3 rings (SSSR count). The van der Waals surface area contributed by atoms with Gasteiger partial charge in [0.25, 0.3) is 0 Å². The Morgan fingerprint density at radius 1 is 0.861 bits per heavy atom. The average molecular weight is 493 g/mol. The largest absolute Gasteiger partial charge is 0.507 e. The smallest absolute Gasteiger partial charge is 0.335 e. The Labute approximate surface area is 208 Å². The van der Waals surface area contributed by atoms with Gasteiger partial charge in [-0.15, -0.1) is 0 Å². The minimum absolute atomic E-state index is 0.100. The molecule has 0 unspecified atom stereocenters. The molecule has 0 spiro atoms. The van der Waals surface area contributed by atoms with E-state index in [4.69, 9.17) is 19.7 Å². The molecule has 3 aromatic carbocycles. The van der Waals surface area contributed by atoms with Crippen molar-refractivity contribution >= 4 is 17.7 Å². The normalized spacial score (nSPS) is 10.8. The minimum atomic E-state index is -1.03. The van der Waals surface area contributed by atoms with Crippen LogP contribution in [-0.2, 0) is 17.8 Å². The van der Waals surface area contributed by atoms with Gasteiger partial charge in [-0.1, -0.05) is 26.0 Å². The highest BCUT2D eigenvalue weighted by Crippen LogP contribution is 2.29. The Balaban J connectivity index is 1.81. The number of phenols is 1. The minimum Gasteiger partial charge on any atom is -0.507 e. The molecule has 3 N–H and O–H groups in total. The molecule has 0 fully saturated rings. The van der Waals surface area contributed by atoms with E-state index in [1.54, 1.807) is 36.4 Å². The molecule has 0 aliphatic rings. The molecule has 0 bridgehead atoms. The van der Waals surface area contributed by atoms with Gasteiger partial charge in [-0.05, 0) is 65.9 Å². The Kier molecular flexibility index (Phi) is 8.67. The van der Waals surface area contributed by atoms with Crippen molar-refractivity contribution in [1.29, 1.82) is 0 Å². The number of carboxylic acids is 2. The maximum atomic E-state index is 13.1. The maximum Gasteiger partial charge on any atom is 0.335 e. The van der Waals surface area contributed by atoms with Gasteiger partial charge < -0.3 is 24.8 Å². The van der Waals surface area contributed by atoms with Crippen molar-refractivity contribution < 1.29 is 39.2 Å². The summed E-state index contributed by atoms with van der Waals surface area (Å²) >= 11 is 0. The first-order valence-corrected chi connectivity index (χ1v) is 11.4. The molecule has 36 heavy (non-hydrogen) atoms. The highest BCUT2D eigenvalue weighted by atomic mass is 16.5. The number of carboxylic acid groups (broad SMARTS) is 2. The zero-order chi connectivity index (χ0) is 26.2. The quantitative estimate of drug-likeness (QED) is 0.303. The third-order valence-electron chi connectivity index (χ3n) is 5.32. The Morgan fingerprint density at radius 3 is 2.17 bits per heavy atom. The highest BCUT2D eigenvalue weighted by molar-refractivity contribution is 6.11. The number of benzene rings is 3. The Bertz CT molecular complexity index is 1240. The predicted octanol–water partition coefficient (Wildman–Crippen LogP) is 4.95. The van der Waals surface area contributed by atoms with E-state index >= 15 is 0 Å². The molecule has 0 saturated heterocycles. The highest BCUT2D eigenvalue weighted by Gasteiger charge is 2.17. The van der Waals surface area contributed by atoms with E-state index in [0.29, 0.717) is 29.6 Å². The third kappa shape index (κ3) is 7.09. The first kappa shape index (κ1) is 26.3. The molecule has 0 aromatic heterocycles. The number of hydrogen-bond acceptors (Lipinski definition) is 6. The van der Waals surface area contributed by atoms with Crippen LogP contribution in [0.3, 0.4) is 0 Å². The summed E-state index contributed by atoms with van der Waals surface area (Å²) in [5.74, 6) is -1.47. The van der Waals surface area contributed by atoms with Gasteiger partial charge in [-0.3, -0.25) is 9.59 Å². The van der Waals surface area contributed by atoms with Gasteiger partial charge >= 0.3 is 11.9 Å². The lowest BCUT2D eigenvalue weighted by Crippen LogP contribution is -2.07. The number of phenolic OH excluding ortho intramolecular Hbond substituents is 1. The van der Waals surface area contributed by atoms with Crippen LogP contribution in [0, 0.1) is 5.92 Å². The summed E-state index contributed by atoms with van der Waals surface area (Å²) < 4.78 is 11.5. The lowest BCUT2D eigenvalue weighted by molar-refractivity contribution is -0.136. The molecular weight excluding hydrogens is 464 g/mol. The van der Waals surface area contributed by atoms with Crippen LogP contribution in [0.5, 0.6) is 17.2 Å². The summed E-state index contributed by atoms with van der Waals surface area (Å²) in [6.45, 7) is 4.61. The van der Waals surface area contributed by atoms with Crippen molar-refractivity contribution in [2.45, 2.75) is 33.3 Å². The van der Waals surface area contributed by atoms with Crippen molar-refractivity contribution in [2.24, 2.45) is 5.92 Å². The van der Waals surface area contributed by atoms with Crippen molar-refractivity contribution in [1.82, 2.24) is 0 Å². The fourth-order valence-corrected chi connectivity index (χ4v) is 3.41. The van der Waals surface area contributed by atoms with E-state index in [1.165, 1.54) is 24.3 Å². The number of aliphatic carboxylic acids is 1. The van der Waals surface area contributed by atoms with Crippen LogP contribution in [0.1, 0.15) is 57.7 Å². The molecule has 8 heteroatoms. The lowest BCUT2D eigenvalue weighted by atomic mass is 9.98. The van der Waals surface area contributed by atoms with Crippen LogP contribution >= 0.6 is 0 Å². The Hall–Kier alpha value is -4.33. The molecule has 188 valence electrons. The second-order valence-corrected chi connectivity index (χ2v) is 8.72. The maximum absolute atomic E-state index is 13.1.